The molecule has 1 aliphatic heterocycles. The Labute approximate surface area is 198 Å². The van der Waals surface area contributed by atoms with Crippen molar-refractivity contribution in [2.75, 3.05) is 13.7 Å². The number of imide groups is 1. The average molecular weight is 482 g/mol. The molecule has 7 nitrogen and oxygen atoms in total. The topological polar surface area (TPSA) is 93.9 Å². The van der Waals surface area contributed by atoms with Crippen LogP contribution in [0.15, 0.2) is 70.0 Å². The molecule has 1 aromatic heterocycles. The molecule has 0 aliphatic carbocycles. The van der Waals surface area contributed by atoms with Gasteiger partial charge in [-0.05, 0) is 60.3 Å². The number of halogens is 1. The molecule has 0 unspecified atom stereocenters. The van der Waals surface area contributed by atoms with Crippen molar-refractivity contribution in [1.29, 1.82) is 0 Å². The lowest BCUT2D eigenvalue weighted by Gasteiger charge is -2.11. The van der Waals surface area contributed by atoms with Crippen molar-refractivity contribution in [2.24, 2.45) is 0 Å². The number of esters is 1. The quantitative estimate of drug-likeness (QED) is 0.267. The SMILES string of the molecule is COC(=O)c1ccc(-c2ccc(/C=C3/SC(=O)N(CC(=O)c4ccc(Cl)cc4)C3=O)o2)cc1. The summed E-state index contributed by atoms with van der Waals surface area (Å²) < 4.78 is 10.5. The molecule has 2 aromatic carbocycles. The lowest BCUT2D eigenvalue weighted by atomic mass is 10.1. The van der Waals surface area contributed by atoms with E-state index in [4.69, 9.17) is 16.0 Å². The number of Topliss-reactive ketones (excluding diaryl/α,β-unsaturated/α-hetero) is 1. The van der Waals surface area contributed by atoms with Gasteiger partial charge in [-0.25, -0.2) is 4.79 Å². The number of amides is 2. The average Bonchev–Trinajstić information content (AvgIpc) is 3.39. The minimum absolute atomic E-state index is 0.158. The van der Waals surface area contributed by atoms with Crippen LogP contribution in [0.25, 0.3) is 17.4 Å². The molecule has 1 saturated heterocycles. The Hall–Kier alpha value is -3.62. The minimum atomic E-state index is -0.562. The standard InChI is InChI=1S/C24H16ClNO6S/c1-31-23(29)16-4-2-15(3-5-16)20-11-10-18(32-20)12-21-22(28)26(24(30)33-21)13-19(27)14-6-8-17(25)9-7-14/h2-12H,13H2,1H3/b21-12+. The number of rotatable bonds is 6. The molecule has 0 bridgehead atoms. The third-order valence-electron chi connectivity index (χ3n) is 4.83. The van der Waals surface area contributed by atoms with Crippen LogP contribution in [0.3, 0.4) is 0 Å². The molecule has 9 heteroatoms. The highest BCUT2D eigenvalue weighted by Gasteiger charge is 2.36. The first-order valence-corrected chi connectivity index (χ1v) is 10.9. The van der Waals surface area contributed by atoms with Gasteiger partial charge < -0.3 is 9.15 Å². The highest BCUT2D eigenvalue weighted by Crippen LogP contribution is 2.33. The molecule has 1 aliphatic rings. The first-order chi connectivity index (χ1) is 15.9. The van der Waals surface area contributed by atoms with Gasteiger partial charge >= 0.3 is 5.97 Å². The maximum Gasteiger partial charge on any atom is 0.337 e. The van der Waals surface area contributed by atoms with Gasteiger partial charge in [-0.3, -0.25) is 19.3 Å². The molecule has 0 saturated carbocycles. The summed E-state index contributed by atoms with van der Waals surface area (Å²) in [4.78, 5) is 50.1. The van der Waals surface area contributed by atoms with Crippen LogP contribution < -0.4 is 0 Å². The molecular weight excluding hydrogens is 466 g/mol. The van der Waals surface area contributed by atoms with Gasteiger partial charge in [0.2, 0.25) is 0 Å². The Bertz CT molecular complexity index is 1280. The van der Waals surface area contributed by atoms with Crippen LogP contribution >= 0.6 is 23.4 Å². The van der Waals surface area contributed by atoms with Gasteiger partial charge in [-0.1, -0.05) is 23.7 Å². The number of carbonyl (C=O) groups excluding carboxylic acids is 4. The van der Waals surface area contributed by atoms with E-state index in [1.807, 2.05) is 0 Å². The van der Waals surface area contributed by atoms with Gasteiger partial charge in [-0.15, -0.1) is 0 Å². The molecule has 1 fully saturated rings. The zero-order chi connectivity index (χ0) is 23.5. The molecule has 4 rings (SSSR count). The summed E-state index contributed by atoms with van der Waals surface area (Å²) in [6.45, 7) is -0.362. The maximum atomic E-state index is 12.7. The molecule has 0 spiro atoms. The number of ether oxygens (including phenoxy) is 1. The van der Waals surface area contributed by atoms with Crippen molar-refractivity contribution in [3.05, 3.63) is 87.5 Å². The van der Waals surface area contributed by atoms with E-state index in [1.54, 1.807) is 60.7 Å². The van der Waals surface area contributed by atoms with Gasteiger partial charge in [0.1, 0.15) is 11.5 Å². The maximum absolute atomic E-state index is 12.7. The second-order valence-corrected chi connectivity index (χ2v) is 8.40. The van der Waals surface area contributed by atoms with Crippen LogP contribution in [-0.4, -0.2) is 41.5 Å². The Balaban J connectivity index is 1.47. The highest BCUT2D eigenvalue weighted by atomic mass is 35.5. The molecular formula is C24H16ClNO6S. The summed E-state index contributed by atoms with van der Waals surface area (Å²) in [5.41, 5.74) is 1.50. The first-order valence-electron chi connectivity index (χ1n) is 9.68. The predicted molar refractivity (Wildman–Crippen MR) is 124 cm³/mol. The fourth-order valence-corrected chi connectivity index (χ4v) is 4.05. The number of carbonyl (C=O) groups is 4. The largest absolute Gasteiger partial charge is 0.465 e. The summed E-state index contributed by atoms with van der Waals surface area (Å²) in [6.07, 6.45) is 1.46. The Morgan fingerprint density at radius 2 is 1.67 bits per heavy atom. The zero-order valence-corrected chi connectivity index (χ0v) is 18.8. The fraction of sp³-hybridized carbons (Fsp3) is 0.0833. The molecule has 2 heterocycles. The van der Waals surface area contributed by atoms with Gasteiger partial charge in [-0.2, -0.15) is 0 Å². The van der Waals surface area contributed by atoms with E-state index in [-0.39, 0.29) is 17.2 Å². The second-order valence-electron chi connectivity index (χ2n) is 6.97. The van der Waals surface area contributed by atoms with Crippen molar-refractivity contribution in [3.8, 4) is 11.3 Å². The van der Waals surface area contributed by atoms with Crippen LogP contribution in [0.1, 0.15) is 26.5 Å². The second kappa shape index (κ2) is 9.48. The molecule has 0 N–H and O–H groups in total. The minimum Gasteiger partial charge on any atom is -0.465 e. The number of furan rings is 1. The molecule has 3 aromatic rings. The molecule has 0 radical (unpaired) electrons. The highest BCUT2D eigenvalue weighted by molar-refractivity contribution is 8.18. The predicted octanol–water partition coefficient (Wildman–Crippen LogP) is 5.31. The lowest BCUT2D eigenvalue weighted by molar-refractivity contribution is -0.122. The fourth-order valence-electron chi connectivity index (χ4n) is 3.11. The number of ketones is 1. The summed E-state index contributed by atoms with van der Waals surface area (Å²) in [6, 6.07) is 16.3. The van der Waals surface area contributed by atoms with Crippen molar-refractivity contribution in [2.45, 2.75) is 0 Å². The van der Waals surface area contributed by atoms with E-state index in [0.717, 1.165) is 22.2 Å². The number of hydrogen-bond donors (Lipinski definition) is 0. The number of thioether (sulfide) groups is 1. The van der Waals surface area contributed by atoms with E-state index < -0.39 is 17.1 Å². The van der Waals surface area contributed by atoms with Crippen LogP contribution in [0, 0.1) is 0 Å². The van der Waals surface area contributed by atoms with Crippen LogP contribution in [-0.2, 0) is 9.53 Å². The number of methoxy groups -OCH3 is 1. The van der Waals surface area contributed by atoms with Gasteiger partial charge in [0.25, 0.3) is 11.1 Å². The summed E-state index contributed by atoms with van der Waals surface area (Å²) in [5, 5.41) is -0.0448. The molecule has 33 heavy (non-hydrogen) atoms. The monoisotopic (exact) mass is 481 g/mol. The Morgan fingerprint density at radius 1 is 1.00 bits per heavy atom. The molecule has 166 valence electrons. The van der Waals surface area contributed by atoms with Crippen LogP contribution in [0.2, 0.25) is 5.02 Å². The van der Waals surface area contributed by atoms with E-state index in [2.05, 4.69) is 4.74 Å². The van der Waals surface area contributed by atoms with Crippen molar-refractivity contribution < 1.29 is 28.3 Å². The third kappa shape index (κ3) is 4.92. The zero-order valence-electron chi connectivity index (χ0n) is 17.2. The smallest absolute Gasteiger partial charge is 0.337 e. The van der Waals surface area contributed by atoms with Gasteiger partial charge in [0.15, 0.2) is 5.78 Å². The third-order valence-corrected chi connectivity index (χ3v) is 5.99. The Kier molecular flexibility index (Phi) is 6.48. The van der Waals surface area contributed by atoms with Crippen molar-refractivity contribution >= 4 is 52.3 Å². The Morgan fingerprint density at radius 3 is 2.33 bits per heavy atom. The van der Waals surface area contributed by atoms with E-state index in [0.29, 0.717) is 27.7 Å². The molecule has 0 atom stereocenters. The number of benzene rings is 2. The normalized spacial score (nSPS) is 14.7. The lowest BCUT2D eigenvalue weighted by Crippen LogP contribution is -2.33. The summed E-state index contributed by atoms with van der Waals surface area (Å²) in [5.74, 6) is -0.475. The van der Waals surface area contributed by atoms with E-state index in [9.17, 15) is 19.2 Å². The summed E-state index contributed by atoms with van der Waals surface area (Å²) in [7, 11) is 1.31. The van der Waals surface area contributed by atoms with E-state index in [1.165, 1.54) is 13.2 Å². The van der Waals surface area contributed by atoms with Crippen molar-refractivity contribution in [3.63, 3.8) is 0 Å². The van der Waals surface area contributed by atoms with Gasteiger partial charge in [0, 0.05) is 22.2 Å². The van der Waals surface area contributed by atoms with Crippen LogP contribution in [0.4, 0.5) is 4.79 Å². The van der Waals surface area contributed by atoms with E-state index >= 15 is 0 Å². The first kappa shape index (κ1) is 22.6. The van der Waals surface area contributed by atoms with Crippen LogP contribution in [0.5, 0.6) is 0 Å². The van der Waals surface area contributed by atoms with Gasteiger partial charge in [0.05, 0.1) is 24.1 Å². The number of nitrogens with zero attached hydrogens (tertiary/aromatic N) is 1. The van der Waals surface area contributed by atoms with Crippen molar-refractivity contribution in [1.82, 2.24) is 4.90 Å². The number of hydrogen-bond acceptors (Lipinski definition) is 7. The molecule has 2 amide bonds. The summed E-state index contributed by atoms with van der Waals surface area (Å²) >= 11 is 6.57.